The van der Waals surface area contributed by atoms with Gasteiger partial charge in [0.05, 0.1) is 17.9 Å². The largest absolute Gasteiger partial charge is 0.481 e. The fourth-order valence-corrected chi connectivity index (χ4v) is 7.94. The number of allylic oxidation sites excluding steroid dienone is 4. The van der Waals surface area contributed by atoms with Crippen LogP contribution < -0.4 is 27.4 Å². The number of carboxylic acid groups (broad SMARTS) is 2. The van der Waals surface area contributed by atoms with Gasteiger partial charge in [0.25, 0.3) is 0 Å². The normalized spacial score (nSPS) is 13.9. The van der Waals surface area contributed by atoms with Crippen molar-refractivity contribution in [3.05, 3.63) is 24.3 Å². The van der Waals surface area contributed by atoms with Crippen LogP contribution in [0.1, 0.15) is 219 Å². The third kappa shape index (κ3) is 37.5. The van der Waals surface area contributed by atoms with E-state index in [0.717, 1.165) is 109 Å². The van der Waals surface area contributed by atoms with Crippen LogP contribution in [0.15, 0.2) is 24.3 Å². The van der Waals surface area contributed by atoms with E-state index in [2.05, 4.69) is 54.1 Å². The molecule has 0 fully saturated rings. The number of hydrogen-bond donors (Lipinski definition) is 7. The Morgan fingerprint density at radius 1 is 0.483 bits per heavy atom. The molecule has 0 saturated heterocycles. The second kappa shape index (κ2) is 44.8. The molecular weight excluding hydrogens is 751 g/mol. The molecule has 0 spiro atoms. The Morgan fingerprint density at radius 3 is 1.28 bits per heavy atom. The van der Waals surface area contributed by atoms with Gasteiger partial charge in [0.1, 0.15) is 0 Å². The van der Waals surface area contributed by atoms with E-state index in [1.165, 1.54) is 77.0 Å². The molecule has 0 heterocycles. The highest BCUT2D eigenvalue weighted by atomic mass is 16.4. The van der Waals surface area contributed by atoms with Crippen LogP contribution in [-0.2, 0) is 14.4 Å². The van der Waals surface area contributed by atoms with Crippen molar-refractivity contribution in [2.45, 2.75) is 231 Å². The second-order valence-electron chi connectivity index (χ2n) is 17.5. The van der Waals surface area contributed by atoms with Crippen LogP contribution in [0.3, 0.4) is 0 Å². The van der Waals surface area contributed by atoms with Gasteiger partial charge < -0.3 is 37.6 Å². The smallest absolute Gasteiger partial charge is 0.306 e. The van der Waals surface area contributed by atoms with Crippen LogP contribution in [0, 0.1) is 11.8 Å². The molecule has 0 bridgehead atoms. The van der Waals surface area contributed by atoms with Crippen molar-refractivity contribution in [1.82, 2.24) is 16.0 Å². The van der Waals surface area contributed by atoms with E-state index in [1.807, 2.05) is 0 Å². The van der Waals surface area contributed by atoms with Crippen LogP contribution in [0.25, 0.3) is 0 Å². The standard InChI is InChI=1S/C50H97N5O5/c1-3-5-7-9-11-13-15-17-19-21-23-25-27-29-34-44(49(57)58)42-46(55-48(56)47(54-41-33-38-52)36-31-39-53-40-32-37-51)43-45(50(59)60)35-30-28-26-24-22-20-18-16-14-12-10-8-6-4-2/h17-20,44-47,53-54H,3-16,21-43,51-52H2,1-2H3,(H,55,56)(H,57,58)(H,59,60). The molecule has 0 aliphatic heterocycles. The predicted octanol–water partition coefficient (Wildman–Crippen LogP) is 11.0. The summed E-state index contributed by atoms with van der Waals surface area (Å²) in [6.07, 6.45) is 41.8. The quantitative estimate of drug-likeness (QED) is 0.0232. The lowest BCUT2D eigenvalue weighted by Gasteiger charge is -2.28. The molecular formula is C50H97N5O5. The molecule has 3 atom stereocenters. The summed E-state index contributed by atoms with van der Waals surface area (Å²) in [4.78, 5) is 39.1. The van der Waals surface area contributed by atoms with Crippen LogP contribution in [-0.4, -0.2) is 72.9 Å². The van der Waals surface area contributed by atoms with Gasteiger partial charge in [-0.05, 0) is 135 Å². The Labute approximate surface area is 369 Å². The number of nitrogens with two attached hydrogens (primary N) is 2. The van der Waals surface area contributed by atoms with Crippen molar-refractivity contribution >= 4 is 17.8 Å². The molecule has 0 aromatic carbocycles. The van der Waals surface area contributed by atoms with Crippen molar-refractivity contribution in [3.63, 3.8) is 0 Å². The molecule has 0 aromatic heterocycles. The number of rotatable bonds is 47. The fraction of sp³-hybridized carbons (Fsp3) is 0.860. The fourth-order valence-electron chi connectivity index (χ4n) is 7.94. The van der Waals surface area contributed by atoms with E-state index in [1.54, 1.807) is 0 Å². The molecule has 60 heavy (non-hydrogen) atoms. The number of carbonyl (C=O) groups excluding carboxylic acids is 1. The highest BCUT2D eigenvalue weighted by Crippen LogP contribution is 2.24. The van der Waals surface area contributed by atoms with Crippen molar-refractivity contribution in [2.75, 3.05) is 32.7 Å². The van der Waals surface area contributed by atoms with Gasteiger partial charge in [-0.25, -0.2) is 0 Å². The molecule has 0 aliphatic rings. The SMILES string of the molecule is CCCCCCCCC=CCCCCCCC(CC(CC(CCCCCCC=CCCCCCCCC)C(=O)O)NC(=O)C(CCCNCCCN)NCCCN)C(=O)O. The zero-order chi connectivity index (χ0) is 44.2. The molecule has 0 rings (SSSR count). The number of aliphatic carboxylic acids is 2. The van der Waals surface area contributed by atoms with Gasteiger partial charge in [0.2, 0.25) is 5.91 Å². The molecule has 10 nitrogen and oxygen atoms in total. The van der Waals surface area contributed by atoms with Gasteiger partial charge in [-0.1, -0.05) is 141 Å². The van der Waals surface area contributed by atoms with E-state index < -0.39 is 35.9 Å². The number of amides is 1. The minimum Gasteiger partial charge on any atom is -0.481 e. The van der Waals surface area contributed by atoms with Crippen LogP contribution >= 0.6 is 0 Å². The highest BCUT2D eigenvalue weighted by molar-refractivity contribution is 5.82. The second-order valence-corrected chi connectivity index (χ2v) is 17.5. The number of carbonyl (C=O) groups is 3. The minimum absolute atomic E-state index is 0.193. The molecule has 10 heteroatoms. The maximum atomic E-state index is 13.9. The monoisotopic (exact) mass is 848 g/mol. The molecule has 0 aliphatic carbocycles. The average molecular weight is 848 g/mol. The van der Waals surface area contributed by atoms with Gasteiger partial charge in [-0.2, -0.15) is 0 Å². The first-order valence-corrected chi connectivity index (χ1v) is 25.2. The zero-order valence-electron chi connectivity index (χ0n) is 39.1. The topological polar surface area (TPSA) is 180 Å². The highest BCUT2D eigenvalue weighted by Gasteiger charge is 2.30. The molecule has 352 valence electrons. The molecule has 0 aromatic rings. The lowest BCUT2D eigenvalue weighted by Crippen LogP contribution is -2.49. The maximum absolute atomic E-state index is 13.9. The molecule has 0 saturated carbocycles. The molecule has 1 amide bonds. The zero-order valence-corrected chi connectivity index (χ0v) is 39.1. The Bertz CT molecular complexity index is 983. The summed E-state index contributed by atoms with van der Waals surface area (Å²) in [5.74, 6) is -3.24. The van der Waals surface area contributed by atoms with E-state index in [9.17, 15) is 24.6 Å². The van der Waals surface area contributed by atoms with E-state index in [4.69, 9.17) is 11.5 Å². The lowest BCUT2D eigenvalue weighted by atomic mass is 9.87. The Kier molecular flexibility index (Phi) is 43.1. The summed E-state index contributed by atoms with van der Waals surface area (Å²) in [7, 11) is 0. The van der Waals surface area contributed by atoms with E-state index in [0.29, 0.717) is 38.9 Å². The van der Waals surface area contributed by atoms with Crippen molar-refractivity contribution in [3.8, 4) is 0 Å². The summed E-state index contributed by atoms with van der Waals surface area (Å²) in [6.45, 7) is 7.82. The van der Waals surface area contributed by atoms with Gasteiger partial charge in [0.15, 0.2) is 0 Å². The number of carboxylic acids is 2. The third-order valence-electron chi connectivity index (χ3n) is 11.8. The Balaban J connectivity index is 5.30. The molecule has 0 radical (unpaired) electrons. The first-order chi connectivity index (χ1) is 29.3. The minimum atomic E-state index is -0.874. The number of hydrogen-bond acceptors (Lipinski definition) is 7. The summed E-state index contributed by atoms with van der Waals surface area (Å²) >= 11 is 0. The van der Waals surface area contributed by atoms with E-state index >= 15 is 0 Å². The van der Waals surface area contributed by atoms with Gasteiger partial charge >= 0.3 is 11.9 Å². The van der Waals surface area contributed by atoms with Crippen molar-refractivity contribution in [1.29, 1.82) is 0 Å². The predicted molar refractivity (Wildman–Crippen MR) is 254 cm³/mol. The Hall–Kier alpha value is -2.27. The van der Waals surface area contributed by atoms with Crippen molar-refractivity contribution in [2.24, 2.45) is 23.3 Å². The summed E-state index contributed by atoms with van der Waals surface area (Å²) in [5, 5.41) is 30.6. The summed E-state index contributed by atoms with van der Waals surface area (Å²) in [6, 6.07) is -1.02. The first kappa shape index (κ1) is 57.7. The van der Waals surface area contributed by atoms with Crippen LogP contribution in [0.5, 0.6) is 0 Å². The van der Waals surface area contributed by atoms with Gasteiger partial charge in [0, 0.05) is 6.04 Å². The number of nitrogens with one attached hydrogen (secondary N) is 3. The van der Waals surface area contributed by atoms with E-state index in [-0.39, 0.29) is 18.7 Å². The third-order valence-corrected chi connectivity index (χ3v) is 11.8. The van der Waals surface area contributed by atoms with Crippen LogP contribution in [0.4, 0.5) is 0 Å². The van der Waals surface area contributed by atoms with Crippen LogP contribution in [0.2, 0.25) is 0 Å². The average Bonchev–Trinajstić information content (AvgIpc) is 3.23. The van der Waals surface area contributed by atoms with Crippen molar-refractivity contribution < 1.29 is 24.6 Å². The van der Waals surface area contributed by atoms with Gasteiger partial charge in [-0.3, -0.25) is 14.4 Å². The number of unbranched alkanes of at least 4 members (excludes halogenated alkanes) is 20. The summed E-state index contributed by atoms with van der Waals surface area (Å²) < 4.78 is 0. The molecule has 3 unspecified atom stereocenters. The summed E-state index contributed by atoms with van der Waals surface area (Å²) in [5.41, 5.74) is 11.4. The first-order valence-electron chi connectivity index (χ1n) is 25.2. The Morgan fingerprint density at radius 2 is 0.867 bits per heavy atom. The van der Waals surface area contributed by atoms with Gasteiger partial charge in [-0.15, -0.1) is 0 Å². The molecule has 9 N–H and O–H groups in total. The maximum Gasteiger partial charge on any atom is 0.306 e. The lowest BCUT2D eigenvalue weighted by molar-refractivity contribution is -0.143.